The summed E-state index contributed by atoms with van der Waals surface area (Å²) in [6, 6.07) is 7.67. The number of hydrogen-bond donors (Lipinski definition) is 1. The second-order valence-corrected chi connectivity index (χ2v) is 4.89. The Morgan fingerprint density at radius 2 is 1.86 bits per heavy atom. The van der Waals surface area contributed by atoms with Crippen molar-refractivity contribution in [3.8, 4) is 6.07 Å². The molecular weight excluding hydrogens is 264 g/mol. The van der Waals surface area contributed by atoms with Crippen LogP contribution in [0.25, 0.3) is 0 Å². The molecule has 0 unspecified atom stereocenters. The van der Waals surface area contributed by atoms with E-state index in [4.69, 9.17) is 5.73 Å². The van der Waals surface area contributed by atoms with Gasteiger partial charge in [0.25, 0.3) is 0 Å². The average molecular weight is 280 g/mol. The summed E-state index contributed by atoms with van der Waals surface area (Å²) < 4.78 is 0. The standard InChI is InChI=1S/C15H16N6/c16-10-12-3-5-18-11-14(12)20-6-8-21(9-7-20)15-13(17)2-1-4-19-15/h1-5,11H,6-9,17H2. The van der Waals surface area contributed by atoms with Crippen LogP contribution in [0.3, 0.4) is 0 Å². The fourth-order valence-electron chi connectivity index (χ4n) is 2.57. The Bertz CT molecular complexity index is 670. The van der Waals surface area contributed by atoms with Crippen LogP contribution in [0.15, 0.2) is 36.8 Å². The zero-order chi connectivity index (χ0) is 14.7. The van der Waals surface area contributed by atoms with E-state index in [9.17, 15) is 5.26 Å². The average Bonchev–Trinajstić information content (AvgIpc) is 2.55. The molecule has 1 aliphatic heterocycles. The van der Waals surface area contributed by atoms with E-state index in [1.54, 1.807) is 24.7 Å². The largest absolute Gasteiger partial charge is 0.396 e. The van der Waals surface area contributed by atoms with E-state index in [0.29, 0.717) is 11.3 Å². The summed E-state index contributed by atoms with van der Waals surface area (Å²) in [5.74, 6) is 0.837. The second-order valence-electron chi connectivity index (χ2n) is 4.89. The van der Waals surface area contributed by atoms with Gasteiger partial charge >= 0.3 is 0 Å². The summed E-state index contributed by atoms with van der Waals surface area (Å²) in [5.41, 5.74) is 8.23. The number of nitrogens with two attached hydrogens (primary N) is 1. The molecule has 0 aromatic carbocycles. The fraction of sp³-hybridized carbons (Fsp3) is 0.267. The fourth-order valence-corrected chi connectivity index (χ4v) is 2.57. The van der Waals surface area contributed by atoms with Gasteiger partial charge in [-0.15, -0.1) is 0 Å². The maximum absolute atomic E-state index is 9.17. The van der Waals surface area contributed by atoms with Crippen LogP contribution in [0.1, 0.15) is 5.56 Å². The highest BCUT2D eigenvalue weighted by molar-refractivity contribution is 5.64. The molecule has 0 radical (unpaired) electrons. The van der Waals surface area contributed by atoms with Crippen LogP contribution in [0.2, 0.25) is 0 Å². The van der Waals surface area contributed by atoms with Crippen LogP contribution in [0, 0.1) is 11.3 Å². The Labute approximate surface area is 123 Å². The van der Waals surface area contributed by atoms with Crippen molar-refractivity contribution in [1.82, 2.24) is 9.97 Å². The highest BCUT2D eigenvalue weighted by Crippen LogP contribution is 2.24. The van der Waals surface area contributed by atoms with Gasteiger partial charge in [0, 0.05) is 38.6 Å². The predicted molar refractivity (Wildman–Crippen MR) is 82.0 cm³/mol. The number of nitriles is 1. The first-order valence-electron chi connectivity index (χ1n) is 6.84. The van der Waals surface area contributed by atoms with Crippen LogP contribution in [-0.4, -0.2) is 36.1 Å². The summed E-state index contributed by atoms with van der Waals surface area (Å²) in [7, 11) is 0. The molecule has 1 saturated heterocycles. The molecule has 21 heavy (non-hydrogen) atoms. The maximum Gasteiger partial charge on any atom is 0.151 e. The zero-order valence-electron chi connectivity index (χ0n) is 11.6. The lowest BCUT2D eigenvalue weighted by Gasteiger charge is -2.37. The van der Waals surface area contributed by atoms with Gasteiger partial charge in [0.1, 0.15) is 6.07 Å². The van der Waals surface area contributed by atoms with E-state index in [1.807, 2.05) is 12.1 Å². The Kier molecular flexibility index (Phi) is 3.56. The van der Waals surface area contributed by atoms with E-state index in [-0.39, 0.29) is 0 Å². The number of aromatic nitrogens is 2. The van der Waals surface area contributed by atoms with Crippen molar-refractivity contribution in [3.05, 3.63) is 42.4 Å². The Balaban J connectivity index is 1.74. The van der Waals surface area contributed by atoms with Crippen LogP contribution in [0.5, 0.6) is 0 Å². The molecule has 106 valence electrons. The molecule has 0 atom stereocenters. The molecule has 1 aliphatic rings. The number of hydrogen-bond acceptors (Lipinski definition) is 6. The molecule has 1 fully saturated rings. The molecule has 6 nitrogen and oxygen atoms in total. The zero-order valence-corrected chi connectivity index (χ0v) is 11.6. The van der Waals surface area contributed by atoms with Gasteiger partial charge in [0.2, 0.25) is 0 Å². The Morgan fingerprint density at radius 3 is 2.57 bits per heavy atom. The van der Waals surface area contributed by atoms with Crippen LogP contribution < -0.4 is 15.5 Å². The van der Waals surface area contributed by atoms with Gasteiger partial charge in [-0.3, -0.25) is 4.98 Å². The van der Waals surface area contributed by atoms with E-state index in [1.165, 1.54) is 0 Å². The van der Waals surface area contributed by atoms with Gasteiger partial charge in [-0.25, -0.2) is 4.98 Å². The number of anilines is 3. The molecule has 0 spiro atoms. The molecular formula is C15H16N6. The van der Waals surface area contributed by atoms with Crippen molar-refractivity contribution in [1.29, 1.82) is 5.26 Å². The van der Waals surface area contributed by atoms with Crippen LogP contribution in [-0.2, 0) is 0 Å². The number of nitrogens with zero attached hydrogens (tertiary/aromatic N) is 5. The monoisotopic (exact) mass is 280 g/mol. The topological polar surface area (TPSA) is 82.1 Å². The maximum atomic E-state index is 9.17. The van der Waals surface area contributed by atoms with Gasteiger partial charge in [-0.2, -0.15) is 5.26 Å². The third-order valence-corrected chi connectivity index (χ3v) is 3.66. The van der Waals surface area contributed by atoms with Crippen LogP contribution >= 0.6 is 0 Å². The molecule has 3 heterocycles. The molecule has 3 rings (SSSR count). The summed E-state index contributed by atoms with van der Waals surface area (Å²) in [6.45, 7) is 3.27. The molecule has 0 amide bonds. The number of nitrogen functional groups attached to an aromatic ring is 1. The summed E-state index contributed by atoms with van der Waals surface area (Å²) in [4.78, 5) is 12.8. The number of rotatable bonds is 2. The van der Waals surface area contributed by atoms with Crippen molar-refractivity contribution in [2.24, 2.45) is 0 Å². The minimum atomic E-state index is 0.663. The molecule has 6 heteroatoms. The minimum absolute atomic E-state index is 0.663. The number of piperazine rings is 1. The van der Waals surface area contributed by atoms with Crippen molar-refractivity contribution in [2.75, 3.05) is 41.7 Å². The highest BCUT2D eigenvalue weighted by Gasteiger charge is 2.21. The first-order chi connectivity index (χ1) is 10.3. The van der Waals surface area contributed by atoms with Gasteiger partial charge in [0.05, 0.1) is 23.1 Å². The summed E-state index contributed by atoms with van der Waals surface area (Å²) in [6.07, 6.45) is 5.16. The third kappa shape index (κ3) is 2.58. The molecule has 2 N–H and O–H groups in total. The van der Waals surface area contributed by atoms with Crippen molar-refractivity contribution >= 4 is 17.2 Å². The minimum Gasteiger partial charge on any atom is -0.396 e. The van der Waals surface area contributed by atoms with Crippen molar-refractivity contribution < 1.29 is 0 Å². The molecule has 2 aromatic heterocycles. The molecule has 2 aromatic rings. The van der Waals surface area contributed by atoms with Gasteiger partial charge in [-0.1, -0.05) is 0 Å². The quantitative estimate of drug-likeness (QED) is 0.891. The first-order valence-corrected chi connectivity index (χ1v) is 6.84. The molecule has 0 bridgehead atoms. The molecule has 0 aliphatic carbocycles. The van der Waals surface area contributed by atoms with E-state index >= 15 is 0 Å². The van der Waals surface area contributed by atoms with Crippen molar-refractivity contribution in [2.45, 2.75) is 0 Å². The number of pyridine rings is 2. The Morgan fingerprint density at radius 1 is 1.10 bits per heavy atom. The van der Waals surface area contributed by atoms with E-state index in [2.05, 4.69) is 25.8 Å². The molecule has 0 saturated carbocycles. The smallest absolute Gasteiger partial charge is 0.151 e. The predicted octanol–water partition coefficient (Wildman–Crippen LogP) is 1.26. The lowest BCUT2D eigenvalue weighted by Crippen LogP contribution is -2.47. The lowest BCUT2D eigenvalue weighted by atomic mass is 10.2. The normalized spacial score (nSPS) is 14.8. The second kappa shape index (κ2) is 5.67. The first kappa shape index (κ1) is 13.2. The van der Waals surface area contributed by atoms with Crippen molar-refractivity contribution in [3.63, 3.8) is 0 Å². The SMILES string of the molecule is N#Cc1ccncc1N1CCN(c2ncccc2N)CC1. The van der Waals surface area contributed by atoms with E-state index < -0.39 is 0 Å². The Hall–Kier alpha value is -2.81. The van der Waals surface area contributed by atoms with E-state index in [0.717, 1.165) is 37.7 Å². The summed E-state index contributed by atoms with van der Waals surface area (Å²) >= 11 is 0. The lowest BCUT2D eigenvalue weighted by molar-refractivity contribution is 0.647. The third-order valence-electron chi connectivity index (χ3n) is 3.66. The van der Waals surface area contributed by atoms with Gasteiger partial charge in [-0.05, 0) is 18.2 Å². The van der Waals surface area contributed by atoms with Gasteiger partial charge < -0.3 is 15.5 Å². The summed E-state index contributed by atoms with van der Waals surface area (Å²) in [5, 5.41) is 9.17. The van der Waals surface area contributed by atoms with Crippen LogP contribution in [0.4, 0.5) is 17.2 Å². The highest BCUT2D eigenvalue weighted by atomic mass is 15.3. The van der Waals surface area contributed by atoms with Gasteiger partial charge in [0.15, 0.2) is 5.82 Å².